The highest BCUT2D eigenvalue weighted by molar-refractivity contribution is 6.33. The van der Waals surface area contributed by atoms with Crippen LogP contribution in [0.3, 0.4) is 0 Å². The van der Waals surface area contributed by atoms with E-state index in [4.69, 9.17) is 11.6 Å². The van der Waals surface area contributed by atoms with Gasteiger partial charge in [0, 0.05) is 16.0 Å². The summed E-state index contributed by atoms with van der Waals surface area (Å²) in [5.74, 6) is 0. The molecule has 4 aromatic rings. The van der Waals surface area contributed by atoms with Gasteiger partial charge in [0.05, 0.1) is 11.0 Å². The molecule has 2 aromatic heterocycles. The van der Waals surface area contributed by atoms with Crippen molar-refractivity contribution in [3.05, 3.63) is 63.5 Å². The molecule has 0 saturated heterocycles. The summed E-state index contributed by atoms with van der Waals surface area (Å²) in [7, 11) is 0. The van der Waals surface area contributed by atoms with Crippen molar-refractivity contribution < 1.29 is 0 Å². The molecule has 0 radical (unpaired) electrons. The smallest absolute Gasteiger partial charge is 0.304 e. The molecule has 0 fully saturated rings. The molecule has 2 aromatic carbocycles. The topological polar surface area (TPSA) is 61.5 Å². The third kappa shape index (κ3) is 2.09. The Morgan fingerprint density at radius 1 is 1.05 bits per heavy atom. The number of hydrogen-bond donors (Lipinski definition) is 2. The fourth-order valence-electron chi connectivity index (χ4n) is 2.65. The van der Waals surface area contributed by atoms with E-state index in [2.05, 4.69) is 15.0 Å². The van der Waals surface area contributed by atoms with Crippen LogP contribution in [-0.4, -0.2) is 15.0 Å². The van der Waals surface area contributed by atoms with Gasteiger partial charge in [0.1, 0.15) is 0 Å². The Kier molecular flexibility index (Phi) is 2.81. The van der Waals surface area contributed by atoms with Crippen LogP contribution in [0.2, 0.25) is 5.02 Å². The molecule has 0 aliphatic rings. The van der Waals surface area contributed by atoms with Crippen LogP contribution in [0, 0.1) is 6.92 Å². The zero-order chi connectivity index (χ0) is 15.3. The van der Waals surface area contributed by atoms with Crippen LogP contribution >= 0.6 is 11.6 Å². The number of imidazole rings is 1. The van der Waals surface area contributed by atoms with E-state index in [1.807, 2.05) is 49.4 Å². The zero-order valence-corrected chi connectivity index (χ0v) is 12.5. The highest BCUT2D eigenvalue weighted by Crippen LogP contribution is 2.31. The maximum Gasteiger partial charge on any atom is 0.325 e. The first-order chi connectivity index (χ1) is 10.6. The Bertz CT molecular complexity index is 1080. The highest BCUT2D eigenvalue weighted by atomic mass is 35.5. The Morgan fingerprint density at radius 2 is 1.91 bits per heavy atom. The van der Waals surface area contributed by atoms with Gasteiger partial charge in [-0.15, -0.1) is 0 Å². The molecular weight excluding hydrogens is 298 g/mol. The summed E-state index contributed by atoms with van der Waals surface area (Å²) in [6, 6.07) is 13.9. The molecule has 0 aliphatic carbocycles. The SMILES string of the molecule is Cc1ccc(-c2ccc3nc4[nH]c(=O)[nH]c4cc3c2)c(Cl)c1. The van der Waals surface area contributed by atoms with E-state index in [9.17, 15) is 4.79 Å². The number of aromatic amines is 2. The van der Waals surface area contributed by atoms with Gasteiger partial charge in [0.25, 0.3) is 0 Å². The predicted octanol–water partition coefficient (Wildman–Crippen LogP) is 4.03. The van der Waals surface area contributed by atoms with Crippen molar-refractivity contribution in [2.24, 2.45) is 0 Å². The van der Waals surface area contributed by atoms with E-state index in [1.54, 1.807) is 0 Å². The summed E-state index contributed by atoms with van der Waals surface area (Å²) >= 11 is 6.35. The Labute approximate surface area is 130 Å². The van der Waals surface area contributed by atoms with Crippen LogP contribution in [0.5, 0.6) is 0 Å². The molecule has 0 amide bonds. The quantitative estimate of drug-likeness (QED) is 0.557. The Hall–Kier alpha value is -2.59. The summed E-state index contributed by atoms with van der Waals surface area (Å²) in [6.07, 6.45) is 0. The van der Waals surface area contributed by atoms with Crippen molar-refractivity contribution in [2.75, 3.05) is 0 Å². The first-order valence-corrected chi connectivity index (χ1v) is 7.27. The summed E-state index contributed by atoms with van der Waals surface area (Å²) in [5.41, 5.74) is 4.98. The molecular formula is C17H12ClN3O. The molecule has 0 aliphatic heterocycles. The minimum Gasteiger partial charge on any atom is -0.304 e. The molecule has 4 nitrogen and oxygen atoms in total. The van der Waals surface area contributed by atoms with Crippen molar-refractivity contribution in [1.29, 1.82) is 0 Å². The lowest BCUT2D eigenvalue weighted by atomic mass is 10.0. The molecule has 0 saturated carbocycles. The number of fused-ring (bicyclic) bond motifs is 2. The van der Waals surface area contributed by atoms with Gasteiger partial charge in [-0.2, -0.15) is 0 Å². The van der Waals surface area contributed by atoms with E-state index >= 15 is 0 Å². The lowest BCUT2D eigenvalue weighted by Gasteiger charge is -2.07. The number of rotatable bonds is 1. The zero-order valence-electron chi connectivity index (χ0n) is 11.8. The van der Waals surface area contributed by atoms with Gasteiger partial charge in [0.15, 0.2) is 5.65 Å². The van der Waals surface area contributed by atoms with E-state index < -0.39 is 0 Å². The van der Waals surface area contributed by atoms with Crippen molar-refractivity contribution in [2.45, 2.75) is 6.92 Å². The van der Waals surface area contributed by atoms with E-state index in [0.29, 0.717) is 11.2 Å². The number of pyridine rings is 1. The number of nitrogens with zero attached hydrogens (tertiary/aromatic N) is 1. The van der Waals surface area contributed by atoms with Crippen molar-refractivity contribution >= 4 is 33.7 Å². The van der Waals surface area contributed by atoms with Crippen LogP contribution in [0.4, 0.5) is 0 Å². The molecule has 0 atom stereocenters. The fraction of sp³-hybridized carbons (Fsp3) is 0.0588. The minimum absolute atomic E-state index is 0.250. The van der Waals surface area contributed by atoms with Crippen LogP contribution in [-0.2, 0) is 0 Å². The van der Waals surface area contributed by atoms with Gasteiger partial charge >= 0.3 is 5.69 Å². The van der Waals surface area contributed by atoms with Gasteiger partial charge in [0.2, 0.25) is 0 Å². The molecule has 0 bridgehead atoms. The maximum atomic E-state index is 11.4. The normalized spacial score (nSPS) is 11.4. The monoisotopic (exact) mass is 309 g/mol. The maximum absolute atomic E-state index is 11.4. The minimum atomic E-state index is -0.250. The molecule has 2 N–H and O–H groups in total. The van der Waals surface area contributed by atoms with Crippen molar-refractivity contribution in [3.8, 4) is 11.1 Å². The number of hydrogen-bond acceptors (Lipinski definition) is 2. The first kappa shape index (κ1) is 13.1. The second-order valence-corrected chi connectivity index (χ2v) is 5.76. The van der Waals surface area contributed by atoms with E-state index in [1.165, 1.54) is 0 Å². The van der Waals surface area contributed by atoms with Crippen LogP contribution in [0.15, 0.2) is 47.3 Å². The summed E-state index contributed by atoms with van der Waals surface area (Å²) in [6.45, 7) is 2.01. The first-order valence-electron chi connectivity index (χ1n) is 6.89. The van der Waals surface area contributed by atoms with Gasteiger partial charge in [-0.05, 0) is 42.3 Å². The summed E-state index contributed by atoms with van der Waals surface area (Å²) in [5, 5.41) is 1.68. The van der Waals surface area contributed by atoms with Gasteiger partial charge in [-0.3, -0.25) is 4.98 Å². The molecule has 2 heterocycles. The van der Waals surface area contributed by atoms with Gasteiger partial charge < -0.3 is 4.98 Å². The second kappa shape index (κ2) is 4.71. The summed E-state index contributed by atoms with van der Waals surface area (Å²) < 4.78 is 0. The van der Waals surface area contributed by atoms with Gasteiger partial charge in [-0.1, -0.05) is 29.8 Å². The average Bonchev–Trinajstić information content (AvgIpc) is 2.83. The largest absolute Gasteiger partial charge is 0.325 e. The standard InChI is InChI=1S/C17H12ClN3O/c1-9-2-4-12(13(18)6-9)10-3-5-14-11(7-10)8-15-16(19-14)21-17(22)20-15/h2-8H,1H3,(H2,19,20,21,22). The number of aromatic nitrogens is 3. The van der Waals surface area contributed by atoms with Crippen LogP contribution in [0.25, 0.3) is 33.2 Å². The fourth-order valence-corrected chi connectivity index (χ4v) is 2.99. The molecule has 5 heteroatoms. The Balaban J connectivity index is 1.95. The lowest BCUT2D eigenvalue weighted by molar-refractivity contribution is 1.20. The molecule has 0 spiro atoms. The van der Waals surface area contributed by atoms with E-state index in [0.717, 1.165) is 32.6 Å². The number of H-pyrrole nitrogens is 2. The molecule has 0 unspecified atom stereocenters. The molecule has 22 heavy (non-hydrogen) atoms. The number of halogens is 1. The average molecular weight is 310 g/mol. The molecule has 4 rings (SSSR count). The van der Waals surface area contributed by atoms with Crippen molar-refractivity contribution in [1.82, 2.24) is 15.0 Å². The van der Waals surface area contributed by atoms with E-state index in [-0.39, 0.29) is 5.69 Å². The second-order valence-electron chi connectivity index (χ2n) is 5.35. The predicted molar refractivity (Wildman–Crippen MR) is 89.4 cm³/mol. The van der Waals surface area contributed by atoms with Crippen molar-refractivity contribution in [3.63, 3.8) is 0 Å². The number of benzene rings is 2. The van der Waals surface area contributed by atoms with Crippen LogP contribution < -0.4 is 5.69 Å². The third-order valence-electron chi connectivity index (χ3n) is 3.73. The van der Waals surface area contributed by atoms with Gasteiger partial charge in [-0.25, -0.2) is 9.78 Å². The Morgan fingerprint density at radius 3 is 2.73 bits per heavy atom. The number of nitrogens with one attached hydrogen (secondary N) is 2. The molecule has 108 valence electrons. The lowest BCUT2D eigenvalue weighted by Crippen LogP contribution is -1.99. The number of aryl methyl sites for hydroxylation is 1. The highest BCUT2D eigenvalue weighted by Gasteiger charge is 2.07. The third-order valence-corrected chi connectivity index (χ3v) is 4.04. The van der Waals surface area contributed by atoms with Crippen LogP contribution in [0.1, 0.15) is 5.56 Å². The summed E-state index contributed by atoms with van der Waals surface area (Å²) in [4.78, 5) is 21.2.